The van der Waals surface area contributed by atoms with Crippen LogP contribution in [-0.4, -0.2) is 21.6 Å². The highest BCUT2D eigenvalue weighted by Gasteiger charge is 1.94. The van der Waals surface area contributed by atoms with Crippen LogP contribution in [0.25, 0.3) is 0 Å². The van der Waals surface area contributed by atoms with E-state index in [0.29, 0.717) is 6.04 Å². The largest absolute Gasteiger partial charge is 0.328 e. The van der Waals surface area contributed by atoms with Crippen molar-refractivity contribution in [3.63, 3.8) is 0 Å². The Morgan fingerprint density at radius 3 is 3.08 bits per heavy atom. The minimum absolute atomic E-state index is 0.315. The van der Waals surface area contributed by atoms with Gasteiger partial charge in [-0.2, -0.15) is 5.10 Å². The average Bonchev–Trinajstić information content (AvgIpc) is 2.49. The Morgan fingerprint density at radius 2 is 2.50 bits per heavy atom. The molecule has 12 heavy (non-hydrogen) atoms. The van der Waals surface area contributed by atoms with Gasteiger partial charge in [-0.15, -0.1) is 11.8 Å². The molecular formula is C8H15N3S. The Balaban J connectivity index is 2.04. The van der Waals surface area contributed by atoms with Gasteiger partial charge in [0.15, 0.2) is 0 Å². The van der Waals surface area contributed by atoms with Gasteiger partial charge in [0.2, 0.25) is 0 Å². The van der Waals surface area contributed by atoms with Crippen LogP contribution < -0.4 is 5.73 Å². The molecule has 1 aromatic heterocycles. The molecule has 3 nitrogen and oxygen atoms in total. The summed E-state index contributed by atoms with van der Waals surface area (Å²) in [5, 5.41) is 4.10. The zero-order chi connectivity index (χ0) is 8.81. The average molecular weight is 185 g/mol. The number of thioether (sulfide) groups is 1. The van der Waals surface area contributed by atoms with Crippen molar-refractivity contribution in [2.75, 3.05) is 5.75 Å². The third kappa shape index (κ3) is 3.78. The SMILES string of the molecule is CC(N)CCSCn1cccn1. The van der Waals surface area contributed by atoms with Crippen LogP contribution in [0.5, 0.6) is 0 Å². The third-order valence-electron chi connectivity index (χ3n) is 1.50. The smallest absolute Gasteiger partial charge is 0.0863 e. The van der Waals surface area contributed by atoms with E-state index in [0.717, 1.165) is 18.1 Å². The summed E-state index contributed by atoms with van der Waals surface area (Å²) in [5.74, 6) is 2.04. The molecule has 1 heterocycles. The van der Waals surface area contributed by atoms with Crippen molar-refractivity contribution in [1.82, 2.24) is 9.78 Å². The maximum absolute atomic E-state index is 5.62. The van der Waals surface area contributed by atoms with Gasteiger partial charge in [0, 0.05) is 18.4 Å². The Morgan fingerprint density at radius 1 is 1.67 bits per heavy atom. The summed E-state index contributed by atoms with van der Waals surface area (Å²) in [6.07, 6.45) is 4.84. The molecular weight excluding hydrogens is 170 g/mol. The molecule has 2 N–H and O–H groups in total. The molecule has 0 radical (unpaired) electrons. The molecule has 0 bridgehead atoms. The molecule has 0 aromatic carbocycles. The molecule has 68 valence electrons. The van der Waals surface area contributed by atoms with Gasteiger partial charge in [0.1, 0.15) is 0 Å². The lowest BCUT2D eigenvalue weighted by Gasteiger charge is -2.04. The summed E-state index contributed by atoms with van der Waals surface area (Å²) in [6, 6.07) is 2.25. The summed E-state index contributed by atoms with van der Waals surface area (Å²) in [7, 11) is 0. The monoisotopic (exact) mass is 185 g/mol. The highest BCUT2D eigenvalue weighted by atomic mass is 32.2. The van der Waals surface area contributed by atoms with E-state index in [1.165, 1.54) is 0 Å². The molecule has 0 fully saturated rings. The van der Waals surface area contributed by atoms with E-state index < -0.39 is 0 Å². The van der Waals surface area contributed by atoms with E-state index >= 15 is 0 Å². The number of rotatable bonds is 5. The van der Waals surface area contributed by atoms with Crippen molar-refractivity contribution < 1.29 is 0 Å². The second kappa shape index (κ2) is 5.22. The second-order valence-electron chi connectivity index (χ2n) is 2.85. The molecule has 0 aliphatic heterocycles. The first-order chi connectivity index (χ1) is 5.79. The van der Waals surface area contributed by atoms with Gasteiger partial charge in [-0.1, -0.05) is 0 Å². The van der Waals surface area contributed by atoms with Gasteiger partial charge in [-0.25, -0.2) is 0 Å². The molecule has 0 aliphatic carbocycles. The predicted molar refractivity (Wildman–Crippen MR) is 53.0 cm³/mol. The summed E-state index contributed by atoms with van der Waals surface area (Å²) in [4.78, 5) is 0. The summed E-state index contributed by atoms with van der Waals surface area (Å²) in [5.41, 5.74) is 5.62. The molecule has 0 saturated carbocycles. The van der Waals surface area contributed by atoms with Crippen molar-refractivity contribution >= 4 is 11.8 Å². The van der Waals surface area contributed by atoms with Crippen LogP contribution in [0, 0.1) is 0 Å². The summed E-state index contributed by atoms with van der Waals surface area (Å²) < 4.78 is 1.92. The van der Waals surface area contributed by atoms with E-state index in [-0.39, 0.29) is 0 Å². The lowest BCUT2D eigenvalue weighted by Crippen LogP contribution is -2.15. The van der Waals surface area contributed by atoms with E-state index in [4.69, 9.17) is 5.73 Å². The minimum Gasteiger partial charge on any atom is -0.328 e. The zero-order valence-corrected chi connectivity index (χ0v) is 8.13. The van der Waals surface area contributed by atoms with Crippen LogP contribution in [-0.2, 0) is 5.88 Å². The fraction of sp³-hybridized carbons (Fsp3) is 0.625. The lowest BCUT2D eigenvalue weighted by atomic mass is 10.3. The fourth-order valence-corrected chi connectivity index (χ4v) is 1.81. The highest BCUT2D eigenvalue weighted by molar-refractivity contribution is 7.98. The number of nitrogens with two attached hydrogens (primary N) is 1. The number of nitrogens with zero attached hydrogens (tertiary/aromatic N) is 2. The van der Waals surface area contributed by atoms with E-state index in [1.807, 2.05) is 35.6 Å². The van der Waals surface area contributed by atoms with E-state index in [1.54, 1.807) is 6.20 Å². The van der Waals surface area contributed by atoms with Gasteiger partial charge in [-0.3, -0.25) is 4.68 Å². The molecule has 1 aromatic rings. The Bertz CT molecular complexity index is 196. The molecule has 0 saturated heterocycles. The van der Waals surface area contributed by atoms with Gasteiger partial charge in [-0.05, 0) is 25.2 Å². The first-order valence-electron chi connectivity index (χ1n) is 4.10. The fourth-order valence-electron chi connectivity index (χ4n) is 0.804. The van der Waals surface area contributed by atoms with Crippen molar-refractivity contribution in [2.45, 2.75) is 25.3 Å². The van der Waals surface area contributed by atoms with E-state index in [2.05, 4.69) is 5.10 Å². The normalized spacial score (nSPS) is 13.2. The van der Waals surface area contributed by atoms with Crippen LogP contribution in [0.15, 0.2) is 18.5 Å². The van der Waals surface area contributed by atoms with Crippen LogP contribution in [0.2, 0.25) is 0 Å². The number of hydrogen-bond acceptors (Lipinski definition) is 3. The summed E-state index contributed by atoms with van der Waals surface area (Å²) in [6.45, 7) is 2.04. The Kier molecular flexibility index (Phi) is 4.18. The summed E-state index contributed by atoms with van der Waals surface area (Å²) >= 11 is 1.86. The molecule has 0 aliphatic rings. The third-order valence-corrected chi connectivity index (χ3v) is 2.47. The van der Waals surface area contributed by atoms with Gasteiger partial charge in [0.25, 0.3) is 0 Å². The standard InChI is InChI=1S/C8H15N3S/c1-8(9)3-6-12-7-11-5-2-4-10-11/h2,4-5,8H,3,6-7,9H2,1H3. The minimum atomic E-state index is 0.315. The number of hydrogen-bond donors (Lipinski definition) is 1. The molecule has 1 atom stereocenters. The quantitative estimate of drug-likeness (QED) is 0.703. The first kappa shape index (κ1) is 9.61. The molecule has 0 spiro atoms. The number of aromatic nitrogens is 2. The van der Waals surface area contributed by atoms with Crippen LogP contribution in [0.4, 0.5) is 0 Å². The van der Waals surface area contributed by atoms with Gasteiger partial charge < -0.3 is 5.73 Å². The van der Waals surface area contributed by atoms with Crippen LogP contribution >= 0.6 is 11.8 Å². The molecule has 0 amide bonds. The Labute approximate surface area is 77.3 Å². The van der Waals surface area contributed by atoms with E-state index in [9.17, 15) is 0 Å². The topological polar surface area (TPSA) is 43.8 Å². The van der Waals surface area contributed by atoms with Gasteiger partial charge >= 0.3 is 0 Å². The highest BCUT2D eigenvalue weighted by Crippen LogP contribution is 2.06. The Hall–Kier alpha value is -0.480. The molecule has 4 heteroatoms. The van der Waals surface area contributed by atoms with Crippen molar-refractivity contribution in [1.29, 1.82) is 0 Å². The van der Waals surface area contributed by atoms with Crippen LogP contribution in [0.1, 0.15) is 13.3 Å². The van der Waals surface area contributed by atoms with Crippen molar-refractivity contribution in [3.05, 3.63) is 18.5 Å². The lowest BCUT2D eigenvalue weighted by molar-refractivity contribution is 0.714. The van der Waals surface area contributed by atoms with Crippen molar-refractivity contribution in [2.24, 2.45) is 5.73 Å². The first-order valence-corrected chi connectivity index (χ1v) is 5.25. The zero-order valence-electron chi connectivity index (χ0n) is 7.31. The molecule has 1 rings (SSSR count). The van der Waals surface area contributed by atoms with Crippen LogP contribution in [0.3, 0.4) is 0 Å². The molecule has 1 unspecified atom stereocenters. The predicted octanol–water partition coefficient (Wildman–Crippen LogP) is 1.31. The van der Waals surface area contributed by atoms with Crippen molar-refractivity contribution in [3.8, 4) is 0 Å². The maximum Gasteiger partial charge on any atom is 0.0863 e. The van der Waals surface area contributed by atoms with Gasteiger partial charge in [0.05, 0.1) is 5.88 Å². The second-order valence-corrected chi connectivity index (χ2v) is 3.92. The maximum atomic E-state index is 5.62.